The van der Waals surface area contributed by atoms with Gasteiger partial charge < -0.3 is 4.74 Å². The molecular formula is C13H14F3O. The van der Waals surface area contributed by atoms with Crippen molar-refractivity contribution in [2.24, 2.45) is 0 Å². The molecule has 0 unspecified atom stereocenters. The molecule has 0 aliphatic heterocycles. The van der Waals surface area contributed by atoms with E-state index < -0.39 is 11.8 Å². The maximum Gasteiger partial charge on any atom is 0.573 e. The van der Waals surface area contributed by atoms with Gasteiger partial charge in [-0.25, -0.2) is 0 Å². The van der Waals surface area contributed by atoms with Crippen molar-refractivity contribution in [3.8, 4) is 5.75 Å². The van der Waals surface area contributed by atoms with E-state index in [0.717, 1.165) is 0 Å². The summed E-state index contributed by atoms with van der Waals surface area (Å²) >= 11 is 0. The van der Waals surface area contributed by atoms with Crippen molar-refractivity contribution in [2.75, 3.05) is 0 Å². The van der Waals surface area contributed by atoms with Gasteiger partial charge in [-0.15, -0.1) is 13.2 Å². The van der Waals surface area contributed by atoms with Gasteiger partial charge in [-0.05, 0) is 11.5 Å². The smallest absolute Gasteiger partial charge is 0.405 e. The topological polar surface area (TPSA) is 9.23 Å². The van der Waals surface area contributed by atoms with Gasteiger partial charge in [-0.1, -0.05) is 45.5 Å². The fourth-order valence-corrected chi connectivity index (χ4v) is 1.49. The maximum absolute atomic E-state index is 12.4. The molecule has 0 N–H and O–H groups in total. The van der Waals surface area contributed by atoms with E-state index in [2.05, 4.69) is 17.4 Å². The van der Waals surface area contributed by atoms with Crippen molar-refractivity contribution in [1.29, 1.82) is 0 Å². The molecule has 1 rings (SSSR count). The summed E-state index contributed by atoms with van der Waals surface area (Å²) < 4.78 is 41.1. The molecule has 1 nitrogen and oxygen atoms in total. The SMILES string of the molecule is C=[C]c1cccc(C(C)(C)C)c1OC(F)(F)F. The highest BCUT2D eigenvalue weighted by Crippen LogP contribution is 2.37. The van der Waals surface area contributed by atoms with Crippen LogP contribution in [0.25, 0.3) is 0 Å². The molecule has 0 spiro atoms. The molecule has 1 radical (unpaired) electrons. The van der Waals surface area contributed by atoms with Gasteiger partial charge in [0, 0.05) is 11.1 Å². The summed E-state index contributed by atoms with van der Waals surface area (Å²) in [6.07, 6.45) is -2.26. The van der Waals surface area contributed by atoms with Crippen molar-refractivity contribution in [2.45, 2.75) is 32.5 Å². The zero-order valence-electron chi connectivity index (χ0n) is 9.98. The Hall–Kier alpha value is -1.45. The van der Waals surface area contributed by atoms with E-state index in [1.807, 2.05) is 20.8 Å². The van der Waals surface area contributed by atoms with Crippen LogP contribution < -0.4 is 4.74 Å². The van der Waals surface area contributed by atoms with Crippen LogP contribution in [-0.2, 0) is 5.41 Å². The lowest BCUT2D eigenvalue weighted by atomic mass is 9.85. The Labute approximate surface area is 98.9 Å². The zero-order valence-corrected chi connectivity index (χ0v) is 9.98. The number of para-hydroxylation sites is 1. The Morgan fingerprint density at radius 2 is 1.76 bits per heavy atom. The van der Waals surface area contributed by atoms with Gasteiger partial charge in [0.2, 0.25) is 0 Å². The molecule has 0 aromatic heterocycles. The first-order valence-corrected chi connectivity index (χ1v) is 5.07. The molecule has 0 bridgehead atoms. The standard InChI is InChI=1S/C13H14F3O/c1-5-9-7-6-8-10(12(2,3)4)11(9)17-13(14,15)16/h6-8H,1H2,2-4H3. The fraction of sp³-hybridized carbons (Fsp3) is 0.385. The predicted octanol–water partition coefficient (Wildman–Crippen LogP) is 4.22. The normalized spacial score (nSPS) is 12.4. The molecule has 0 fully saturated rings. The van der Waals surface area contributed by atoms with Crippen LogP contribution in [0.5, 0.6) is 5.75 Å². The maximum atomic E-state index is 12.4. The number of halogens is 3. The van der Waals surface area contributed by atoms with Gasteiger partial charge in [-0.3, -0.25) is 0 Å². The van der Waals surface area contributed by atoms with Gasteiger partial charge in [-0.2, -0.15) is 0 Å². The van der Waals surface area contributed by atoms with Gasteiger partial charge in [0.1, 0.15) is 5.75 Å². The second kappa shape index (κ2) is 4.43. The van der Waals surface area contributed by atoms with Crippen LogP contribution in [0, 0.1) is 6.08 Å². The number of hydrogen-bond donors (Lipinski definition) is 0. The summed E-state index contributed by atoms with van der Waals surface area (Å²) in [6, 6.07) is 4.77. The Bertz CT molecular complexity index is 414. The van der Waals surface area contributed by atoms with Gasteiger partial charge in [0.15, 0.2) is 0 Å². The van der Waals surface area contributed by atoms with Crippen LogP contribution in [-0.4, -0.2) is 6.36 Å². The summed E-state index contributed by atoms with van der Waals surface area (Å²) in [6.45, 7) is 8.83. The number of alkyl halides is 3. The third-order valence-corrected chi connectivity index (χ3v) is 2.23. The highest BCUT2D eigenvalue weighted by molar-refractivity contribution is 5.47. The third-order valence-electron chi connectivity index (χ3n) is 2.23. The van der Waals surface area contributed by atoms with E-state index in [0.29, 0.717) is 5.56 Å². The minimum Gasteiger partial charge on any atom is -0.405 e. The van der Waals surface area contributed by atoms with Crippen LogP contribution in [0.3, 0.4) is 0 Å². The summed E-state index contributed by atoms with van der Waals surface area (Å²) in [5.74, 6) is -0.220. The Morgan fingerprint density at radius 3 is 2.18 bits per heavy atom. The fourth-order valence-electron chi connectivity index (χ4n) is 1.49. The third kappa shape index (κ3) is 3.51. The number of benzene rings is 1. The molecule has 1 aromatic rings. The van der Waals surface area contributed by atoms with Crippen LogP contribution >= 0.6 is 0 Å². The van der Waals surface area contributed by atoms with Crippen molar-refractivity contribution in [3.63, 3.8) is 0 Å². The molecule has 0 aliphatic rings. The molecule has 0 atom stereocenters. The molecule has 0 saturated carbocycles. The quantitative estimate of drug-likeness (QED) is 0.755. The number of rotatable bonds is 2. The molecule has 0 saturated heterocycles. The van der Waals surface area contributed by atoms with E-state index >= 15 is 0 Å². The summed E-state index contributed by atoms with van der Waals surface area (Å²) in [4.78, 5) is 0. The minimum absolute atomic E-state index is 0.217. The summed E-state index contributed by atoms with van der Waals surface area (Å²) in [7, 11) is 0. The van der Waals surface area contributed by atoms with Crippen LogP contribution in [0.2, 0.25) is 0 Å². The first-order valence-electron chi connectivity index (χ1n) is 5.07. The second-order valence-corrected chi connectivity index (χ2v) is 4.66. The average molecular weight is 243 g/mol. The first kappa shape index (κ1) is 13.6. The molecular weight excluding hydrogens is 229 g/mol. The molecule has 0 amide bonds. The highest BCUT2D eigenvalue weighted by atomic mass is 19.4. The number of hydrogen-bond acceptors (Lipinski definition) is 1. The van der Waals surface area contributed by atoms with Crippen molar-refractivity contribution in [1.82, 2.24) is 0 Å². The van der Waals surface area contributed by atoms with Crippen molar-refractivity contribution in [3.05, 3.63) is 42.0 Å². The van der Waals surface area contributed by atoms with E-state index in [-0.39, 0.29) is 11.3 Å². The molecule has 0 heterocycles. The largest absolute Gasteiger partial charge is 0.573 e. The number of ether oxygens (including phenoxy) is 1. The lowest BCUT2D eigenvalue weighted by Gasteiger charge is -2.24. The minimum atomic E-state index is -4.72. The van der Waals surface area contributed by atoms with Crippen LogP contribution in [0.15, 0.2) is 24.8 Å². The van der Waals surface area contributed by atoms with Gasteiger partial charge in [0.25, 0.3) is 0 Å². The first-order chi connectivity index (χ1) is 7.65. The Morgan fingerprint density at radius 1 is 1.18 bits per heavy atom. The average Bonchev–Trinajstić information content (AvgIpc) is 2.13. The van der Waals surface area contributed by atoms with Gasteiger partial charge in [0.05, 0.1) is 0 Å². The molecule has 0 aliphatic carbocycles. The van der Waals surface area contributed by atoms with Crippen LogP contribution in [0.1, 0.15) is 31.9 Å². The monoisotopic (exact) mass is 243 g/mol. The van der Waals surface area contributed by atoms with Gasteiger partial charge >= 0.3 is 6.36 Å². The Balaban J connectivity index is 3.36. The van der Waals surface area contributed by atoms with Crippen molar-refractivity contribution < 1.29 is 17.9 Å². The zero-order chi connectivity index (χ0) is 13.3. The molecule has 93 valence electrons. The second-order valence-electron chi connectivity index (χ2n) is 4.66. The Kier molecular flexibility index (Phi) is 3.55. The molecule has 1 aromatic carbocycles. The summed E-state index contributed by atoms with van der Waals surface area (Å²) in [5.41, 5.74) is 0.242. The molecule has 17 heavy (non-hydrogen) atoms. The lowest BCUT2D eigenvalue weighted by Crippen LogP contribution is -2.22. The van der Waals surface area contributed by atoms with E-state index in [9.17, 15) is 13.2 Å². The van der Waals surface area contributed by atoms with E-state index in [1.54, 1.807) is 12.1 Å². The van der Waals surface area contributed by atoms with Crippen LogP contribution in [0.4, 0.5) is 13.2 Å². The van der Waals surface area contributed by atoms with E-state index in [4.69, 9.17) is 0 Å². The highest BCUT2D eigenvalue weighted by Gasteiger charge is 2.34. The van der Waals surface area contributed by atoms with E-state index in [1.165, 1.54) is 6.07 Å². The molecule has 4 heteroatoms. The summed E-state index contributed by atoms with van der Waals surface area (Å²) in [5, 5.41) is 0. The predicted molar refractivity (Wildman–Crippen MR) is 59.8 cm³/mol. The lowest BCUT2D eigenvalue weighted by molar-refractivity contribution is -0.275. The van der Waals surface area contributed by atoms with Crippen molar-refractivity contribution >= 4 is 0 Å².